The standard InChI is InChI=1S/C58H92O6/c1-4-7-10-13-16-19-21-23-25-27-29-31-33-35-37-39-42-45-48-51-57(60)63-54-55(53-62-56(59)50-47-44-41-18-15-12-9-6-3)64-58(61)52-49-46-43-40-38-36-34-32-30-28-26-24-22-20-17-14-11-8-5-2/h7-8,10-11,16-17,19-20,23-26,29-32,35-38,55H,4-6,9,12-15,18,21-22,27-28,33-34,39-54H2,1-3H3/b10-7-,11-8-,19-16-,20-17-,25-23-,26-24-,31-29-,32-30-,37-35-,38-36-. The van der Waals surface area contributed by atoms with E-state index in [9.17, 15) is 14.4 Å². The Hall–Kier alpha value is -4.19. The smallest absolute Gasteiger partial charge is 0.306 e. The van der Waals surface area contributed by atoms with Crippen molar-refractivity contribution in [1.82, 2.24) is 0 Å². The molecule has 0 N–H and O–H groups in total. The maximum absolute atomic E-state index is 12.8. The Morgan fingerprint density at radius 3 is 0.953 bits per heavy atom. The van der Waals surface area contributed by atoms with Gasteiger partial charge in [-0.15, -0.1) is 0 Å². The van der Waals surface area contributed by atoms with Crippen LogP contribution in [0, 0.1) is 0 Å². The number of hydrogen-bond donors (Lipinski definition) is 0. The molecule has 1 atom stereocenters. The molecule has 1 unspecified atom stereocenters. The quantitative estimate of drug-likeness (QED) is 0.0262. The van der Waals surface area contributed by atoms with Gasteiger partial charge in [-0.05, 0) is 109 Å². The first-order valence-corrected chi connectivity index (χ1v) is 25.5. The molecule has 6 heteroatoms. The first-order valence-electron chi connectivity index (χ1n) is 25.5. The summed E-state index contributed by atoms with van der Waals surface area (Å²) in [5, 5.41) is 0. The Balaban J connectivity index is 4.46. The lowest BCUT2D eigenvalue weighted by Gasteiger charge is -2.18. The second-order valence-corrected chi connectivity index (χ2v) is 16.3. The van der Waals surface area contributed by atoms with Gasteiger partial charge in [-0.3, -0.25) is 14.4 Å². The SMILES string of the molecule is CC/C=C\C/C=C\C/C=C\C/C=C\C/C=C\CCCCCC(=O)OCC(COC(=O)CCCCCCCCCC)OC(=O)CCCCC/C=C\C/C=C\C/C=C\C/C=C\C/C=C\CC. The number of rotatable bonds is 44. The fourth-order valence-electron chi connectivity index (χ4n) is 6.43. The molecule has 0 aliphatic rings. The molecule has 0 bridgehead atoms. The largest absolute Gasteiger partial charge is 0.462 e. The molecule has 360 valence electrons. The van der Waals surface area contributed by atoms with Crippen LogP contribution in [0.1, 0.15) is 207 Å². The molecule has 0 aromatic carbocycles. The van der Waals surface area contributed by atoms with E-state index in [-0.39, 0.29) is 37.5 Å². The highest BCUT2D eigenvalue weighted by Crippen LogP contribution is 2.12. The molecule has 0 aromatic rings. The van der Waals surface area contributed by atoms with Crippen LogP contribution in [0.5, 0.6) is 0 Å². The summed E-state index contributed by atoms with van der Waals surface area (Å²) in [5.41, 5.74) is 0. The second kappa shape index (κ2) is 51.4. The van der Waals surface area contributed by atoms with Crippen LogP contribution in [0.15, 0.2) is 122 Å². The zero-order valence-electron chi connectivity index (χ0n) is 41.0. The van der Waals surface area contributed by atoms with Crippen LogP contribution >= 0.6 is 0 Å². The van der Waals surface area contributed by atoms with Crippen LogP contribution < -0.4 is 0 Å². The van der Waals surface area contributed by atoms with Gasteiger partial charge < -0.3 is 14.2 Å². The molecule has 0 rings (SSSR count). The van der Waals surface area contributed by atoms with E-state index in [0.717, 1.165) is 128 Å². The predicted octanol–water partition coefficient (Wildman–Crippen LogP) is 16.9. The van der Waals surface area contributed by atoms with Crippen molar-refractivity contribution in [3.8, 4) is 0 Å². The lowest BCUT2D eigenvalue weighted by molar-refractivity contribution is -0.167. The van der Waals surface area contributed by atoms with Crippen molar-refractivity contribution in [3.05, 3.63) is 122 Å². The maximum Gasteiger partial charge on any atom is 0.306 e. The topological polar surface area (TPSA) is 78.9 Å². The van der Waals surface area contributed by atoms with Crippen molar-refractivity contribution < 1.29 is 28.6 Å². The summed E-state index contributed by atoms with van der Waals surface area (Å²) in [5.74, 6) is -0.984. The van der Waals surface area contributed by atoms with E-state index < -0.39 is 6.10 Å². The lowest BCUT2D eigenvalue weighted by atomic mass is 10.1. The molecule has 0 heterocycles. The molecule has 0 saturated heterocycles. The number of allylic oxidation sites excluding steroid dienone is 20. The molecule has 0 aliphatic heterocycles. The third kappa shape index (κ3) is 48.8. The lowest BCUT2D eigenvalue weighted by Crippen LogP contribution is -2.30. The Labute approximate surface area is 392 Å². The molecule has 0 saturated carbocycles. The van der Waals surface area contributed by atoms with Crippen LogP contribution in [0.2, 0.25) is 0 Å². The number of carbonyl (C=O) groups is 3. The van der Waals surface area contributed by atoms with Gasteiger partial charge in [-0.1, -0.05) is 200 Å². The van der Waals surface area contributed by atoms with Crippen molar-refractivity contribution in [2.75, 3.05) is 13.2 Å². The summed E-state index contributed by atoms with van der Waals surface area (Å²) in [6, 6.07) is 0. The summed E-state index contributed by atoms with van der Waals surface area (Å²) < 4.78 is 16.7. The highest BCUT2D eigenvalue weighted by molar-refractivity contribution is 5.71. The normalized spacial score (nSPS) is 13.1. The molecule has 0 radical (unpaired) electrons. The average Bonchev–Trinajstić information content (AvgIpc) is 3.29. The molecule has 0 aromatic heterocycles. The van der Waals surface area contributed by atoms with E-state index in [0.29, 0.717) is 19.3 Å². The van der Waals surface area contributed by atoms with E-state index >= 15 is 0 Å². The third-order valence-electron chi connectivity index (χ3n) is 10.2. The fourth-order valence-corrected chi connectivity index (χ4v) is 6.43. The highest BCUT2D eigenvalue weighted by Gasteiger charge is 2.19. The molecule has 0 fully saturated rings. The minimum Gasteiger partial charge on any atom is -0.462 e. The first kappa shape index (κ1) is 59.8. The van der Waals surface area contributed by atoms with E-state index in [1.807, 2.05) is 0 Å². The number of carbonyl (C=O) groups excluding carboxylic acids is 3. The van der Waals surface area contributed by atoms with Gasteiger partial charge >= 0.3 is 17.9 Å². The van der Waals surface area contributed by atoms with Gasteiger partial charge in [0, 0.05) is 19.3 Å². The Bertz CT molecular complexity index is 1390. The van der Waals surface area contributed by atoms with Gasteiger partial charge in [-0.25, -0.2) is 0 Å². The van der Waals surface area contributed by atoms with E-state index in [4.69, 9.17) is 14.2 Å². The number of esters is 3. The molecule has 64 heavy (non-hydrogen) atoms. The molecule has 0 amide bonds. The van der Waals surface area contributed by atoms with Gasteiger partial charge in [0.1, 0.15) is 13.2 Å². The first-order chi connectivity index (χ1) is 31.5. The van der Waals surface area contributed by atoms with Gasteiger partial charge in [0.2, 0.25) is 0 Å². The fraction of sp³-hybridized carbons (Fsp3) is 0.603. The molecule has 0 aliphatic carbocycles. The van der Waals surface area contributed by atoms with Crippen molar-refractivity contribution >= 4 is 17.9 Å². The summed E-state index contributed by atoms with van der Waals surface area (Å²) in [6.45, 7) is 6.30. The second-order valence-electron chi connectivity index (χ2n) is 16.3. The Morgan fingerprint density at radius 1 is 0.328 bits per heavy atom. The summed E-state index contributed by atoms with van der Waals surface area (Å²) in [7, 11) is 0. The summed E-state index contributed by atoms with van der Waals surface area (Å²) in [4.78, 5) is 37.9. The van der Waals surface area contributed by atoms with Crippen LogP contribution in [-0.2, 0) is 28.6 Å². The van der Waals surface area contributed by atoms with Crippen molar-refractivity contribution in [2.24, 2.45) is 0 Å². The van der Waals surface area contributed by atoms with Gasteiger partial charge in [0.15, 0.2) is 6.10 Å². The number of hydrogen-bond acceptors (Lipinski definition) is 6. The van der Waals surface area contributed by atoms with Crippen LogP contribution in [0.4, 0.5) is 0 Å². The molecule has 0 spiro atoms. The third-order valence-corrected chi connectivity index (χ3v) is 10.2. The van der Waals surface area contributed by atoms with Gasteiger partial charge in [0.25, 0.3) is 0 Å². The Morgan fingerprint density at radius 2 is 0.609 bits per heavy atom. The summed E-state index contributed by atoms with van der Waals surface area (Å²) in [6.07, 6.45) is 70.5. The number of ether oxygens (including phenoxy) is 3. The van der Waals surface area contributed by atoms with E-state index in [1.165, 1.54) is 32.1 Å². The van der Waals surface area contributed by atoms with Crippen molar-refractivity contribution in [1.29, 1.82) is 0 Å². The zero-order chi connectivity index (χ0) is 46.5. The van der Waals surface area contributed by atoms with E-state index in [2.05, 4.69) is 142 Å². The van der Waals surface area contributed by atoms with Crippen molar-refractivity contribution in [2.45, 2.75) is 213 Å². The van der Waals surface area contributed by atoms with Crippen LogP contribution in [0.3, 0.4) is 0 Å². The summed E-state index contributed by atoms with van der Waals surface area (Å²) >= 11 is 0. The van der Waals surface area contributed by atoms with Crippen LogP contribution in [0.25, 0.3) is 0 Å². The van der Waals surface area contributed by atoms with Crippen molar-refractivity contribution in [3.63, 3.8) is 0 Å². The van der Waals surface area contributed by atoms with Gasteiger partial charge in [0.05, 0.1) is 0 Å². The monoisotopic (exact) mass is 885 g/mol. The molecular weight excluding hydrogens is 793 g/mol. The predicted molar refractivity (Wildman–Crippen MR) is 274 cm³/mol. The maximum atomic E-state index is 12.8. The zero-order valence-corrected chi connectivity index (χ0v) is 41.0. The Kier molecular flexibility index (Phi) is 48.1. The minimum absolute atomic E-state index is 0.105. The van der Waals surface area contributed by atoms with Gasteiger partial charge in [-0.2, -0.15) is 0 Å². The highest BCUT2D eigenvalue weighted by atomic mass is 16.6. The number of unbranched alkanes of at least 4 members (excludes halogenated alkanes) is 13. The van der Waals surface area contributed by atoms with E-state index in [1.54, 1.807) is 0 Å². The van der Waals surface area contributed by atoms with Crippen LogP contribution in [-0.4, -0.2) is 37.2 Å². The molecular formula is C58H92O6. The minimum atomic E-state index is -0.810. The average molecular weight is 885 g/mol. The molecule has 6 nitrogen and oxygen atoms in total.